The van der Waals surface area contributed by atoms with E-state index < -0.39 is 0 Å². The van der Waals surface area contributed by atoms with Gasteiger partial charge in [0.05, 0.1) is 0 Å². The van der Waals surface area contributed by atoms with Crippen molar-refractivity contribution in [2.45, 2.75) is 27.7 Å². The zero-order valence-corrected chi connectivity index (χ0v) is 17.1. The van der Waals surface area contributed by atoms with Gasteiger partial charge >= 0.3 is 0 Å². The van der Waals surface area contributed by atoms with Crippen LogP contribution in [-0.4, -0.2) is 0 Å². The van der Waals surface area contributed by atoms with E-state index in [1.54, 1.807) is 0 Å². The molecule has 0 aromatic heterocycles. The first-order chi connectivity index (χ1) is 13.6. The molecule has 0 spiro atoms. The molecule has 4 rings (SSSR count). The van der Waals surface area contributed by atoms with Crippen LogP contribution in [-0.2, 0) is 0 Å². The van der Waals surface area contributed by atoms with Crippen molar-refractivity contribution in [1.29, 1.82) is 0 Å². The van der Waals surface area contributed by atoms with Crippen molar-refractivity contribution in [3.8, 4) is 33.4 Å². The van der Waals surface area contributed by atoms with Crippen molar-refractivity contribution in [2.75, 3.05) is 0 Å². The number of aryl methyl sites for hydroxylation is 4. The second-order valence-corrected chi connectivity index (χ2v) is 7.66. The van der Waals surface area contributed by atoms with E-state index in [0.717, 1.165) is 0 Å². The maximum absolute atomic E-state index is 2.33. The van der Waals surface area contributed by atoms with Crippen molar-refractivity contribution >= 4 is 0 Å². The molecular weight excluding hydrogens is 336 g/mol. The van der Waals surface area contributed by atoms with Gasteiger partial charge in [-0.2, -0.15) is 0 Å². The van der Waals surface area contributed by atoms with Gasteiger partial charge in [0.1, 0.15) is 0 Å². The molecule has 0 fully saturated rings. The van der Waals surface area contributed by atoms with Gasteiger partial charge in [-0.05, 0) is 83.3 Å². The van der Waals surface area contributed by atoms with E-state index >= 15 is 0 Å². The number of hydrogen-bond donors (Lipinski definition) is 0. The van der Waals surface area contributed by atoms with Crippen LogP contribution in [0.4, 0.5) is 0 Å². The van der Waals surface area contributed by atoms with E-state index in [2.05, 4.69) is 113 Å². The molecule has 0 saturated heterocycles. The maximum Gasteiger partial charge on any atom is -0.00735 e. The van der Waals surface area contributed by atoms with E-state index in [9.17, 15) is 0 Å². The Hall–Kier alpha value is -3.12. The van der Waals surface area contributed by atoms with Gasteiger partial charge in [-0.1, -0.05) is 84.9 Å². The molecule has 0 heteroatoms. The van der Waals surface area contributed by atoms with Crippen LogP contribution in [0.1, 0.15) is 22.3 Å². The van der Waals surface area contributed by atoms with Gasteiger partial charge in [0.25, 0.3) is 0 Å². The van der Waals surface area contributed by atoms with Gasteiger partial charge in [-0.25, -0.2) is 0 Å². The smallest absolute Gasteiger partial charge is 0.00735 e. The molecule has 4 aromatic carbocycles. The molecule has 0 aliphatic rings. The molecular formula is C28H26. The monoisotopic (exact) mass is 362 g/mol. The van der Waals surface area contributed by atoms with Crippen molar-refractivity contribution in [3.63, 3.8) is 0 Å². The maximum atomic E-state index is 2.33. The van der Waals surface area contributed by atoms with Gasteiger partial charge in [0.2, 0.25) is 0 Å². The molecule has 0 saturated carbocycles. The summed E-state index contributed by atoms with van der Waals surface area (Å²) in [6.07, 6.45) is 0. The second kappa shape index (κ2) is 7.48. The van der Waals surface area contributed by atoms with Crippen LogP contribution in [0.3, 0.4) is 0 Å². The molecule has 0 aliphatic heterocycles. The molecule has 0 radical (unpaired) electrons. The average Bonchev–Trinajstić information content (AvgIpc) is 2.69. The predicted molar refractivity (Wildman–Crippen MR) is 122 cm³/mol. The van der Waals surface area contributed by atoms with Crippen molar-refractivity contribution in [1.82, 2.24) is 0 Å². The topological polar surface area (TPSA) is 0 Å². The lowest BCUT2D eigenvalue weighted by Gasteiger charge is -2.17. The highest BCUT2D eigenvalue weighted by Crippen LogP contribution is 2.38. The first kappa shape index (κ1) is 18.3. The first-order valence-corrected chi connectivity index (χ1v) is 9.89. The van der Waals surface area contributed by atoms with Gasteiger partial charge in [0, 0.05) is 0 Å². The lowest BCUT2D eigenvalue weighted by molar-refractivity contribution is 1.39. The largest absolute Gasteiger partial charge is 0.0620 e. The van der Waals surface area contributed by atoms with Crippen LogP contribution in [0.5, 0.6) is 0 Å². The summed E-state index contributed by atoms with van der Waals surface area (Å²) in [5.74, 6) is 0. The van der Waals surface area contributed by atoms with E-state index in [0.29, 0.717) is 0 Å². The van der Waals surface area contributed by atoms with Crippen LogP contribution in [0, 0.1) is 27.7 Å². The predicted octanol–water partition coefficient (Wildman–Crippen LogP) is 7.92. The number of hydrogen-bond acceptors (Lipinski definition) is 0. The van der Waals surface area contributed by atoms with E-state index in [4.69, 9.17) is 0 Å². The Bertz CT molecular complexity index is 1150. The fourth-order valence-electron chi connectivity index (χ4n) is 4.13. The Kier molecular flexibility index (Phi) is 4.88. The Balaban J connectivity index is 1.88. The summed E-state index contributed by atoms with van der Waals surface area (Å²) in [6.45, 7) is 8.80. The summed E-state index contributed by atoms with van der Waals surface area (Å²) in [4.78, 5) is 0. The first-order valence-electron chi connectivity index (χ1n) is 9.89. The van der Waals surface area contributed by atoms with Crippen molar-refractivity contribution in [3.05, 3.63) is 107 Å². The third-order valence-electron chi connectivity index (χ3n) is 5.66. The molecule has 0 N–H and O–H groups in total. The zero-order chi connectivity index (χ0) is 19.7. The Morgan fingerprint density at radius 2 is 0.929 bits per heavy atom. The summed E-state index contributed by atoms with van der Waals surface area (Å²) < 4.78 is 0. The van der Waals surface area contributed by atoms with Crippen LogP contribution in [0.25, 0.3) is 33.4 Å². The highest BCUT2D eigenvalue weighted by molar-refractivity contribution is 5.88. The Morgan fingerprint density at radius 3 is 1.57 bits per heavy atom. The lowest BCUT2D eigenvalue weighted by Crippen LogP contribution is -1.93. The van der Waals surface area contributed by atoms with Crippen LogP contribution >= 0.6 is 0 Å². The summed E-state index contributed by atoms with van der Waals surface area (Å²) in [7, 11) is 0. The molecule has 0 unspecified atom stereocenters. The SMILES string of the molecule is Cc1ccccc1-c1ccc(-c2cccc(C)c2-c2ccccc2C)cc1C. The normalized spacial score (nSPS) is 10.9. The van der Waals surface area contributed by atoms with Crippen molar-refractivity contribution in [2.24, 2.45) is 0 Å². The van der Waals surface area contributed by atoms with Gasteiger partial charge < -0.3 is 0 Å². The molecule has 4 aromatic rings. The zero-order valence-electron chi connectivity index (χ0n) is 17.1. The van der Waals surface area contributed by atoms with Crippen molar-refractivity contribution < 1.29 is 0 Å². The average molecular weight is 363 g/mol. The summed E-state index contributed by atoms with van der Waals surface area (Å²) in [5.41, 5.74) is 13.1. The third kappa shape index (κ3) is 3.27. The summed E-state index contributed by atoms with van der Waals surface area (Å²) in [6, 6.07) is 30.8. The van der Waals surface area contributed by atoms with E-state index in [-0.39, 0.29) is 0 Å². The van der Waals surface area contributed by atoms with Gasteiger partial charge in [-0.15, -0.1) is 0 Å². The minimum Gasteiger partial charge on any atom is -0.0620 e. The highest BCUT2D eigenvalue weighted by atomic mass is 14.2. The lowest BCUT2D eigenvalue weighted by atomic mass is 9.87. The summed E-state index contributed by atoms with van der Waals surface area (Å²) >= 11 is 0. The minimum atomic E-state index is 1.27. The Morgan fingerprint density at radius 1 is 0.393 bits per heavy atom. The summed E-state index contributed by atoms with van der Waals surface area (Å²) in [5, 5.41) is 0. The Labute approximate surface area is 168 Å². The quantitative estimate of drug-likeness (QED) is 0.347. The number of benzene rings is 4. The van der Waals surface area contributed by atoms with Crippen LogP contribution in [0.15, 0.2) is 84.9 Å². The molecule has 0 heterocycles. The molecule has 28 heavy (non-hydrogen) atoms. The second-order valence-electron chi connectivity index (χ2n) is 7.66. The fourth-order valence-corrected chi connectivity index (χ4v) is 4.13. The molecule has 0 amide bonds. The molecule has 0 nitrogen and oxygen atoms in total. The fraction of sp³-hybridized carbons (Fsp3) is 0.143. The van der Waals surface area contributed by atoms with Gasteiger partial charge in [-0.3, -0.25) is 0 Å². The minimum absolute atomic E-state index is 1.27. The highest BCUT2D eigenvalue weighted by Gasteiger charge is 2.13. The third-order valence-corrected chi connectivity index (χ3v) is 5.66. The van der Waals surface area contributed by atoms with Gasteiger partial charge in [0.15, 0.2) is 0 Å². The molecule has 0 atom stereocenters. The van der Waals surface area contributed by atoms with E-state index in [1.807, 2.05) is 0 Å². The van der Waals surface area contributed by atoms with E-state index in [1.165, 1.54) is 55.6 Å². The van der Waals surface area contributed by atoms with Crippen LogP contribution in [0.2, 0.25) is 0 Å². The van der Waals surface area contributed by atoms with Crippen LogP contribution < -0.4 is 0 Å². The molecule has 138 valence electrons. The molecule has 0 bridgehead atoms. The molecule has 0 aliphatic carbocycles. The number of rotatable bonds is 3. The standard InChI is InChI=1S/C28H26/c1-19-10-5-7-13-24(19)25-17-16-23(18-22(25)4)27-15-9-12-21(3)28(27)26-14-8-6-11-20(26)2/h5-18H,1-4H3.